The summed E-state index contributed by atoms with van der Waals surface area (Å²) in [7, 11) is 0. The molecule has 2 N–H and O–H groups in total. The molecule has 2 aromatic carbocycles. The third-order valence-electron chi connectivity index (χ3n) is 6.74. The molecule has 0 aliphatic heterocycles. The lowest BCUT2D eigenvalue weighted by Gasteiger charge is -2.23. The van der Waals surface area contributed by atoms with Crippen molar-refractivity contribution in [2.24, 2.45) is 5.73 Å². The van der Waals surface area contributed by atoms with Gasteiger partial charge in [-0.05, 0) is 42.3 Å². The molecule has 0 unspecified atom stereocenters. The molecular weight excluding hydrogens is 672 g/mol. The molecule has 0 saturated carbocycles. The number of aromatic nitrogens is 2. The first-order valence-electron chi connectivity index (χ1n) is 14.8. The number of primary amides is 1. The number of pyridine rings is 2. The number of carbonyl (C=O) groups excluding carboxylic acids is 4. The highest BCUT2D eigenvalue weighted by molar-refractivity contribution is 6.34. The lowest BCUT2D eigenvalue weighted by Crippen LogP contribution is -2.40. The number of nitrogens with two attached hydrogens (primary N) is 1. The smallest absolute Gasteiger partial charge is 0.418 e. The topological polar surface area (TPSA) is 136 Å². The van der Waals surface area contributed by atoms with Crippen molar-refractivity contribution >= 4 is 23.7 Å². The first-order chi connectivity index (χ1) is 23.6. The molecule has 2 aromatic heterocycles. The molecule has 0 bridgehead atoms. The summed E-state index contributed by atoms with van der Waals surface area (Å²) in [5.41, 5.74) is 3.71. The highest BCUT2D eigenvalue weighted by Gasteiger charge is 2.36. The van der Waals surface area contributed by atoms with Crippen molar-refractivity contribution < 1.29 is 50.3 Å². The normalized spacial score (nSPS) is 11.1. The lowest BCUT2D eigenvalue weighted by molar-refractivity contribution is -0.160. The van der Waals surface area contributed by atoms with E-state index in [1.165, 1.54) is 25.4 Å². The van der Waals surface area contributed by atoms with E-state index in [-0.39, 0.29) is 31.1 Å². The Labute approximate surface area is 282 Å². The number of rotatable bonds is 9. The molecular formula is C34H31F6N5O5. The summed E-state index contributed by atoms with van der Waals surface area (Å²) in [6.07, 6.45) is -6.83. The number of hydrogen-bond donors (Lipinski definition) is 1. The number of alkyl halides is 6. The van der Waals surface area contributed by atoms with Crippen LogP contribution in [0.15, 0.2) is 97.3 Å². The van der Waals surface area contributed by atoms with Crippen molar-refractivity contribution in [3.63, 3.8) is 0 Å². The molecule has 0 saturated heterocycles. The molecule has 0 aliphatic rings. The standard InChI is InChI=1S/C18H17F3N2O3.C16H14F3N3O2/c1-2-26-17(25)16(24)23(11-13-7-4-3-5-8-13)12-15-14(18(19,20)21)9-6-10-22-15;17-16(18,19)12-7-4-8-21-13(12)10-22(15(24)14(20)23)9-11-5-2-1-3-6-11/h3-10H,2,11-12H2,1H3;1-8H,9-10H2,(H2,20,23). The van der Waals surface area contributed by atoms with Crippen LogP contribution >= 0.6 is 0 Å². The third-order valence-corrected chi connectivity index (χ3v) is 6.74. The Morgan fingerprint density at radius 3 is 1.38 bits per heavy atom. The summed E-state index contributed by atoms with van der Waals surface area (Å²) in [5, 5.41) is 0. The number of nitrogens with zero attached hydrogens (tertiary/aromatic N) is 4. The van der Waals surface area contributed by atoms with Gasteiger partial charge in [-0.3, -0.25) is 24.4 Å². The van der Waals surface area contributed by atoms with Crippen LogP contribution in [0.5, 0.6) is 0 Å². The van der Waals surface area contributed by atoms with Crippen molar-refractivity contribution in [3.8, 4) is 0 Å². The van der Waals surface area contributed by atoms with Crippen LogP contribution in [-0.4, -0.2) is 50.1 Å². The second-order valence-corrected chi connectivity index (χ2v) is 10.4. The van der Waals surface area contributed by atoms with Crippen LogP contribution < -0.4 is 5.73 Å². The fourth-order valence-corrected chi connectivity index (χ4v) is 4.49. The zero-order chi connectivity index (χ0) is 36.9. The van der Waals surface area contributed by atoms with Crippen LogP contribution in [0.2, 0.25) is 0 Å². The van der Waals surface area contributed by atoms with Crippen molar-refractivity contribution in [3.05, 3.63) is 131 Å². The Kier molecular flexibility index (Phi) is 13.6. The Balaban J connectivity index is 0.000000271. The van der Waals surface area contributed by atoms with E-state index in [1.54, 1.807) is 60.7 Å². The van der Waals surface area contributed by atoms with Gasteiger partial charge in [0.25, 0.3) is 0 Å². The fourth-order valence-electron chi connectivity index (χ4n) is 4.49. The maximum absolute atomic E-state index is 13.2. The summed E-state index contributed by atoms with van der Waals surface area (Å²) >= 11 is 0. The molecule has 0 radical (unpaired) electrons. The minimum atomic E-state index is -4.62. The minimum absolute atomic E-state index is 0.0128. The summed E-state index contributed by atoms with van der Waals surface area (Å²) < 4.78 is 83.3. The van der Waals surface area contributed by atoms with Gasteiger partial charge in [0.15, 0.2) is 0 Å². The van der Waals surface area contributed by atoms with Crippen molar-refractivity contribution in [1.82, 2.24) is 19.8 Å². The molecule has 0 aliphatic carbocycles. The maximum Gasteiger partial charge on any atom is 0.418 e. The molecule has 0 atom stereocenters. The first kappa shape index (κ1) is 38.6. The van der Waals surface area contributed by atoms with Crippen LogP contribution in [-0.2, 0) is 62.4 Å². The van der Waals surface area contributed by atoms with E-state index in [0.717, 1.165) is 28.0 Å². The number of halogens is 6. The molecule has 50 heavy (non-hydrogen) atoms. The van der Waals surface area contributed by atoms with Crippen molar-refractivity contribution in [2.75, 3.05) is 6.61 Å². The summed E-state index contributed by atoms with van der Waals surface area (Å²) in [5.74, 6) is -4.45. The number of ether oxygens (including phenoxy) is 1. The predicted molar refractivity (Wildman–Crippen MR) is 166 cm³/mol. The molecule has 0 fully saturated rings. The molecule has 0 spiro atoms. The Hall–Kier alpha value is -5.80. The van der Waals surface area contributed by atoms with Gasteiger partial charge in [-0.2, -0.15) is 26.3 Å². The summed E-state index contributed by atoms with van der Waals surface area (Å²) in [4.78, 5) is 56.7. The van der Waals surface area contributed by atoms with E-state index >= 15 is 0 Å². The van der Waals surface area contributed by atoms with Crippen LogP contribution in [0.1, 0.15) is 40.6 Å². The fraction of sp³-hybridized carbons (Fsp3) is 0.235. The van der Waals surface area contributed by atoms with E-state index < -0.39 is 60.3 Å². The van der Waals surface area contributed by atoms with Gasteiger partial charge in [0, 0.05) is 25.5 Å². The highest BCUT2D eigenvalue weighted by atomic mass is 19.4. The van der Waals surface area contributed by atoms with E-state index in [9.17, 15) is 45.5 Å². The van der Waals surface area contributed by atoms with E-state index in [1.807, 2.05) is 0 Å². The number of hydrogen-bond acceptors (Lipinski definition) is 7. The van der Waals surface area contributed by atoms with Gasteiger partial charge in [0.1, 0.15) is 0 Å². The molecule has 4 aromatic rings. The van der Waals surface area contributed by atoms with Gasteiger partial charge in [-0.25, -0.2) is 4.79 Å². The van der Waals surface area contributed by atoms with E-state index in [2.05, 4.69) is 14.7 Å². The van der Waals surface area contributed by atoms with Gasteiger partial charge in [0.05, 0.1) is 42.2 Å². The minimum Gasteiger partial charge on any atom is -0.459 e. The maximum atomic E-state index is 13.2. The molecule has 264 valence electrons. The Bertz CT molecular complexity index is 1750. The molecule has 3 amide bonds. The number of amides is 3. The van der Waals surface area contributed by atoms with Gasteiger partial charge in [-0.15, -0.1) is 0 Å². The third kappa shape index (κ3) is 11.4. The highest BCUT2D eigenvalue weighted by Crippen LogP contribution is 2.32. The lowest BCUT2D eigenvalue weighted by atomic mass is 10.1. The Morgan fingerprint density at radius 2 is 1.02 bits per heavy atom. The van der Waals surface area contributed by atoms with Crippen molar-refractivity contribution in [1.29, 1.82) is 0 Å². The first-order valence-corrected chi connectivity index (χ1v) is 14.8. The van der Waals surface area contributed by atoms with Crippen LogP contribution in [0, 0.1) is 0 Å². The Morgan fingerprint density at radius 1 is 0.620 bits per heavy atom. The largest absolute Gasteiger partial charge is 0.459 e. The van der Waals surface area contributed by atoms with Crippen molar-refractivity contribution in [2.45, 2.75) is 45.5 Å². The monoisotopic (exact) mass is 703 g/mol. The SMILES string of the molecule is CCOC(=O)C(=O)N(Cc1ccccc1)Cc1ncccc1C(F)(F)F.NC(=O)C(=O)N(Cc1ccccc1)Cc1ncccc1C(F)(F)F. The molecule has 2 heterocycles. The molecule has 16 heteroatoms. The van der Waals surface area contributed by atoms with E-state index in [4.69, 9.17) is 5.73 Å². The zero-order valence-electron chi connectivity index (χ0n) is 26.4. The zero-order valence-corrected chi connectivity index (χ0v) is 26.4. The van der Waals surface area contributed by atoms with E-state index in [0.29, 0.717) is 11.1 Å². The van der Waals surface area contributed by atoms with Gasteiger partial charge in [0.2, 0.25) is 0 Å². The average Bonchev–Trinajstić information content (AvgIpc) is 3.08. The predicted octanol–water partition coefficient (Wildman–Crippen LogP) is 5.31. The number of benzene rings is 2. The molecule has 10 nitrogen and oxygen atoms in total. The second-order valence-electron chi connectivity index (χ2n) is 10.4. The van der Waals surface area contributed by atoms with Crippen LogP contribution in [0.25, 0.3) is 0 Å². The number of carbonyl (C=O) groups is 4. The average molecular weight is 704 g/mol. The molecule has 4 rings (SSSR count). The number of esters is 1. The van der Waals surface area contributed by atoms with Crippen LogP contribution in [0.3, 0.4) is 0 Å². The second kappa shape index (κ2) is 17.6. The summed E-state index contributed by atoms with van der Waals surface area (Å²) in [6.45, 7) is 0.464. The summed E-state index contributed by atoms with van der Waals surface area (Å²) in [6, 6.07) is 21.3. The van der Waals surface area contributed by atoms with Gasteiger partial charge >= 0.3 is 36.0 Å². The van der Waals surface area contributed by atoms with Gasteiger partial charge in [-0.1, -0.05) is 60.7 Å². The quantitative estimate of drug-likeness (QED) is 0.142. The van der Waals surface area contributed by atoms with Crippen LogP contribution in [0.4, 0.5) is 26.3 Å². The van der Waals surface area contributed by atoms with Gasteiger partial charge < -0.3 is 20.3 Å².